The van der Waals surface area contributed by atoms with E-state index in [9.17, 15) is 0 Å². The van der Waals surface area contributed by atoms with Crippen molar-refractivity contribution in [3.63, 3.8) is 0 Å². The average Bonchev–Trinajstić information content (AvgIpc) is 2.60. The van der Waals surface area contributed by atoms with Gasteiger partial charge in [-0.3, -0.25) is 0 Å². The summed E-state index contributed by atoms with van der Waals surface area (Å²) in [4.78, 5) is 2.53. The maximum absolute atomic E-state index is 2.53. The van der Waals surface area contributed by atoms with Crippen LogP contribution in [0.4, 0.5) is 5.69 Å². The maximum atomic E-state index is 2.53. The molecule has 2 aromatic rings. The van der Waals surface area contributed by atoms with Crippen molar-refractivity contribution >= 4 is 5.69 Å². The highest BCUT2D eigenvalue weighted by Gasteiger charge is 2.19. The van der Waals surface area contributed by atoms with Gasteiger partial charge in [-0.05, 0) is 42.0 Å². The third-order valence-corrected chi connectivity index (χ3v) is 4.24. The third-order valence-electron chi connectivity index (χ3n) is 4.24. The van der Waals surface area contributed by atoms with Crippen LogP contribution in [0.2, 0.25) is 0 Å². The molecule has 1 aliphatic heterocycles. The van der Waals surface area contributed by atoms with E-state index in [0.717, 1.165) is 13.1 Å². The van der Waals surface area contributed by atoms with E-state index in [-0.39, 0.29) is 0 Å². The maximum Gasteiger partial charge on any atom is 0.0432 e. The molecule has 0 aliphatic carbocycles. The molecular weight excluding hydrogens is 230 g/mol. The molecular formula is C18H21N. The molecule has 1 atom stereocenters. The van der Waals surface area contributed by atoms with Crippen LogP contribution in [0.25, 0.3) is 0 Å². The van der Waals surface area contributed by atoms with Gasteiger partial charge in [-0.2, -0.15) is 0 Å². The van der Waals surface area contributed by atoms with Crippen molar-refractivity contribution in [3.8, 4) is 0 Å². The predicted molar refractivity (Wildman–Crippen MR) is 81.7 cm³/mol. The fourth-order valence-electron chi connectivity index (χ4n) is 3.07. The van der Waals surface area contributed by atoms with Crippen molar-refractivity contribution in [2.75, 3.05) is 11.4 Å². The van der Waals surface area contributed by atoms with Gasteiger partial charge in [-0.25, -0.2) is 0 Å². The summed E-state index contributed by atoms with van der Waals surface area (Å²) in [6.07, 6.45) is 1.23. The molecule has 0 bridgehead atoms. The lowest BCUT2D eigenvalue weighted by molar-refractivity contribution is 0.677. The fourth-order valence-corrected chi connectivity index (χ4v) is 3.07. The Labute approximate surface area is 115 Å². The average molecular weight is 251 g/mol. The predicted octanol–water partition coefficient (Wildman–Crippen LogP) is 4.51. The monoisotopic (exact) mass is 251 g/mol. The lowest BCUT2D eigenvalue weighted by Crippen LogP contribution is -2.23. The van der Waals surface area contributed by atoms with Crippen molar-refractivity contribution < 1.29 is 0 Å². The van der Waals surface area contributed by atoms with E-state index in [1.165, 1.54) is 28.8 Å². The highest BCUT2D eigenvalue weighted by Crippen LogP contribution is 2.31. The minimum atomic E-state index is 0.658. The standard InChI is InChI=1S/C18H21N/c1-14-11-12-19(18-10-6-3-7-15(18)2)13-16-8-4-5-9-17(14)16/h3-10,14H,11-13H2,1-2H3. The summed E-state index contributed by atoms with van der Waals surface area (Å²) in [5.74, 6) is 0.658. The van der Waals surface area contributed by atoms with Crippen molar-refractivity contribution in [1.82, 2.24) is 0 Å². The van der Waals surface area contributed by atoms with Gasteiger partial charge in [0.05, 0.1) is 0 Å². The Morgan fingerprint density at radius 2 is 1.74 bits per heavy atom. The van der Waals surface area contributed by atoms with Gasteiger partial charge >= 0.3 is 0 Å². The van der Waals surface area contributed by atoms with Gasteiger partial charge in [-0.15, -0.1) is 0 Å². The first-order valence-corrected chi connectivity index (χ1v) is 7.14. The van der Waals surface area contributed by atoms with Crippen LogP contribution in [0.3, 0.4) is 0 Å². The van der Waals surface area contributed by atoms with Crippen LogP contribution in [-0.2, 0) is 6.54 Å². The minimum Gasteiger partial charge on any atom is -0.367 e. The highest BCUT2D eigenvalue weighted by molar-refractivity contribution is 5.54. The molecule has 1 heteroatoms. The lowest BCUT2D eigenvalue weighted by Gasteiger charge is -2.25. The Kier molecular flexibility index (Phi) is 3.29. The van der Waals surface area contributed by atoms with E-state index >= 15 is 0 Å². The van der Waals surface area contributed by atoms with Crippen LogP contribution in [-0.4, -0.2) is 6.54 Å². The Morgan fingerprint density at radius 1 is 1.00 bits per heavy atom. The Balaban J connectivity index is 1.97. The van der Waals surface area contributed by atoms with E-state index in [2.05, 4.69) is 67.3 Å². The van der Waals surface area contributed by atoms with E-state index < -0.39 is 0 Å². The number of anilines is 1. The molecule has 0 saturated heterocycles. The van der Waals surface area contributed by atoms with Gasteiger partial charge < -0.3 is 4.90 Å². The molecule has 1 heterocycles. The number of para-hydroxylation sites is 1. The third kappa shape index (κ3) is 2.37. The smallest absolute Gasteiger partial charge is 0.0432 e. The number of nitrogens with zero attached hydrogens (tertiary/aromatic N) is 1. The molecule has 0 radical (unpaired) electrons. The summed E-state index contributed by atoms with van der Waals surface area (Å²) < 4.78 is 0. The quantitative estimate of drug-likeness (QED) is 0.721. The van der Waals surface area contributed by atoms with Gasteiger partial charge in [0.2, 0.25) is 0 Å². The van der Waals surface area contributed by atoms with E-state index in [0.29, 0.717) is 5.92 Å². The Bertz CT molecular complexity index is 573. The molecule has 19 heavy (non-hydrogen) atoms. The number of hydrogen-bond donors (Lipinski definition) is 0. The Morgan fingerprint density at radius 3 is 2.58 bits per heavy atom. The summed E-state index contributed by atoms with van der Waals surface area (Å²) >= 11 is 0. The molecule has 0 spiro atoms. The molecule has 98 valence electrons. The largest absolute Gasteiger partial charge is 0.367 e. The number of rotatable bonds is 1. The van der Waals surface area contributed by atoms with Gasteiger partial charge in [0, 0.05) is 18.8 Å². The second-order valence-corrected chi connectivity index (χ2v) is 5.60. The normalized spacial score (nSPS) is 18.8. The SMILES string of the molecule is Cc1ccccc1N1CCC(C)c2ccccc2C1. The van der Waals surface area contributed by atoms with Crippen LogP contribution in [0.15, 0.2) is 48.5 Å². The summed E-state index contributed by atoms with van der Waals surface area (Å²) in [6, 6.07) is 17.6. The molecule has 3 rings (SSSR count). The number of fused-ring (bicyclic) bond motifs is 1. The topological polar surface area (TPSA) is 3.24 Å². The molecule has 0 fully saturated rings. The van der Waals surface area contributed by atoms with Gasteiger partial charge in [0.1, 0.15) is 0 Å². The number of benzene rings is 2. The van der Waals surface area contributed by atoms with Gasteiger partial charge in [0.25, 0.3) is 0 Å². The Hall–Kier alpha value is -1.76. The van der Waals surface area contributed by atoms with E-state index in [1.54, 1.807) is 0 Å². The second kappa shape index (κ2) is 5.08. The fraction of sp³-hybridized carbons (Fsp3) is 0.333. The van der Waals surface area contributed by atoms with Crippen LogP contribution in [0.1, 0.15) is 36.0 Å². The molecule has 1 unspecified atom stereocenters. The van der Waals surface area contributed by atoms with E-state index in [1.807, 2.05) is 0 Å². The first-order chi connectivity index (χ1) is 9.25. The zero-order valence-electron chi connectivity index (χ0n) is 11.8. The second-order valence-electron chi connectivity index (χ2n) is 5.60. The van der Waals surface area contributed by atoms with Crippen LogP contribution in [0, 0.1) is 6.92 Å². The minimum absolute atomic E-state index is 0.658. The van der Waals surface area contributed by atoms with Crippen molar-refractivity contribution in [3.05, 3.63) is 65.2 Å². The van der Waals surface area contributed by atoms with Crippen LogP contribution < -0.4 is 4.90 Å². The summed E-state index contributed by atoms with van der Waals surface area (Å²) in [6.45, 7) is 6.72. The molecule has 0 saturated carbocycles. The van der Waals surface area contributed by atoms with Crippen molar-refractivity contribution in [2.45, 2.75) is 32.7 Å². The molecule has 0 amide bonds. The number of hydrogen-bond acceptors (Lipinski definition) is 1. The summed E-state index contributed by atoms with van der Waals surface area (Å²) in [5.41, 5.74) is 5.76. The van der Waals surface area contributed by atoms with Crippen molar-refractivity contribution in [1.29, 1.82) is 0 Å². The van der Waals surface area contributed by atoms with Crippen molar-refractivity contribution in [2.24, 2.45) is 0 Å². The van der Waals surface area contributed by atoms with Crippen LogP contribution in [0.5, 0.6) is 0 Å². The lowest BCUT2D eigenvalue weighted by atomic mass is 9.95. The van der Waals surface area contributed by atoms with E-state index in [4.69, 9.17) is 0 Å². The molecule has 0 aromatic heterocycles. The first kappa shape index (κ1) is 12.3. The van der Waals surface area contributed by atoms with Crippen LogP contribution >= 0.6 is 0 Å². The highest BCUT2D eigenvalue weighted by atomic mass is 15.1. The molecule has 0 N–H and O–H groups in total. The zero-order chi connectivity index (χ0) is 13.2. The summed E-state index contributed by atoms with van der Waals surface area (Å²) in [7, 11) is 0. The first-order valence-electron chi connectivity index (χ1n) is 7.14. The summed E-state index contributed by atoms with van der Waals surface area (Å²) in [5, 5.41) is 0. The molecule has 1 aliphatic rings. The molecule has 1 nitrogen and oxygen atoms in total. The zero-order valence-corrected chi connectivity index (χ0v) is 11.8. The molecule has 2 aromatic carbocycles. The number of aryl methyl sites for hydroxylation is 1. The van der Waals surface area contributed by atoms with Gasteiger partial charge in [0.15, 0.2) is 0 Å². The van der Waals surface area contributed by atoms with Gasteiger partial charge in [-0.1, -0.05) is 49.4 Å².